The zero-order chi connectivity index (χ0) is 37.5. The minimum Gasteiger partial charge on any atom is -0.309 e. The van der Waals surface area contributed by atoms with Crippen LogP contribution in [0.4, 0.5) is 0 Å². The van der Waals surface area contributed by atoms with Gasteiger partial charge in [-0.2, -0.15) is 0 Å². The highest BCUT2D eigenvalue weighted by atomic mass is 15.0. The van der Waals surface area contributed by atoms with E-state index in [1.165, 1.54) is 93.4 Å². The second kappa shape index (κ2) is 12.5. The standard InChI is InChI=1S/C54H35N3/c1-4-19-39(20-5-1)55-47-28-13-10-25-42(47)45-34-37(31-32-50(45)55)36-17-16-18-38(33-36)52-53-44-27-12-15-30-49(44)56(40-21-6-2-7-22-40)51(53)35-46-43-26-11-14-29-48(43)57(54(46)52)41-23-8-3-9-24-41/h1-35H. The summed E-state index contributed by atoms with van der Waals surface area (Å²) in [7, 11) is 0. The lowest BCUT2D eigenvalue weighted by atomic mass is 9.93. The molecular formula is C54H35N3. The molecule has 0 spiro atoms. The van der Waals surface area contributed by atoms with Crippen LogP contribution in [-0.4, -0.2) is 13.7 Å². The van der Waals surface area contributed by atoms with E-state index >= 15 is 0 Å². The van der Waals surface area contributed by atoms with Crippen molar-refractivity contribution in [3.63, 3.8) is 0 Å². The first-order valence-corrected chi connectivity index (χ1v) is 19.6. The molecule has 0 atom stereocenters. The number of fused-ring (bicyclic) bond motifs is 9. The number of hydrogen-bond donors (Lipinski definition) is 0. The van der Waals surface area contributed by atoms with Crippen molar-refractivity contribution in [2.75, 3.05) is 0 Å². The Bertz CT molecular complexity index is 3490. The van der Waals surface area contributed by atoms with E-state index in [1.807, 2.05) is 0 Å². The summed E-state index contributed by atoms with van der Waals surface area (Å²) in [5.41, 5.74) is 15.5. The van der Waals surface area contributed by atoms with Crippen LogP contribution in [0.5, 0.6) is 0 Å². The topological polar surface area (TPSA) is 14.8 Å². The zero-order valence-corrected chi connectivity index (χ0v) is 31.0. The Morgan fingerprint density at radius 3 is 1.35 bits per heavy atom. The third-order valence-corrected chi connectivity index (χ3v) is 11.8. The third-order valence-electron chi connectivity index (χ3n) is 11.8. The van der Waals surface area contributed by atoms with Crippen LogP contribution in [0.2, 0.25) is 0 Å². The van der Waals surface area contributed by atoms with Gasteiger partial charge in [0.05, 0.1) is 33.1 Å². The predicted molar refractivity (Wildman–Crippen MR) is 240 cm³/mol. The van der Waals surface area contributed by atoms with Gasteiger partial charge in [-0.15, -0.1) is 0 Å². The SMILES string of the molecule is c1ccc(-n2c3ccccc3c3cc(-c4cccc(-c5c6c7ccccc7n(-c7ccccc7)c6cc6c7ccccc7n(-c7ccccc7)c56)c4)ccc32)cc1. The van der Waals surface area contributed by atoms with E-state index in [9.17, 15) is 0 Å². The van der Waals surface area contributed by atoms with Crippen molar-refractivity contribution in [2.45, 2.75) is 0 Å². The Hall–Kier alpha value is -7.62. The molecule has 57 heavy (non-hydrogen) atoms. The summed E-state index contributed by atoms with van der Waals surface area (Å²) in [6, 6.07) is 77.4. The number of nitrogens with zero attached hydrogens (tertiary/aromatic N) is 3. The first kappa shape index (κ1) is 31.7. The van der Waals surface area contributed by atoms with Crippen molar-refractivity contribution >= 4 is 65.4 Å². The fourth-order valence-electron chi connectivity index (χ4n) is 9.42. The van der Waals surface area contributed by atoms with E-state index in [0.29, 0.717) is 0 Å². The van der Waals surface area contributed by atoms with Gasteiger partial charge in [-0.05, 0) is 95.6 Å². The molecule has 0 saturated carbocycles. The van der Waals surface area contributed by atoms with Gasteiger partial charge < -0.3 is 13.7 Å². The maximum atomic E-state index is 2.48. The van der Waals surface area contributed by atoms with Crippen molar-refractivity contribution in [3.05, 3.63) is 212 Å². The zero-order valence-electron chi connectivity index (χ0n) is 31.0. The molecule has 0 unspecified atom stereocenters. The van der Waals surface area contributed by atoms with Gasteiger partial charge in [0.1, 0.15) is 0 Å². The summed E-state index contributed by atoms with van der Waals surface area (Å²) in [6.45, 7) is 0. The van der Waals surface area contributed by atoms with E-state index in [1.54, 1.807) is 0 Å². The Labute approximate surface area is 329 Å². The fraction of sp³-hybridized carbons (Fsp3) is 0. The van der Waals surface area contributed by atoms with Crippen LogP contribution in [0.1, 0.15) is 0 Å². The molecule has 0 amide bonds. The average Bonchev–Trinajstić information content (AvgIpc) is 3.92. The van der Waals surface area contributed by atoms with Crippen LogP contribution < -0.4 is 0 Å². The summed E-state index contributed by atoms with van der Waals surface area (Å²) >= 11 is 0. The molecule has 0 radical (unpaired) electrons. The fourth-order valence-corrected chi connectivity index (χ4v) is 9.42. The monoisotopic (exact) mass is 725 g/mol. The van der Waals surface area contributed by atoms with Gasteiger partial charge >= 0.3 is 0 Å². The highest BCUT2D eigenvalue weighted by molar-refractivity contribution is 6.27. The number of benzene rings is 9. The van der Waals surface area contributed by atoms with Crippen LogP contribution in [0.25, 0.3) is 105 Å². The van der Waals surface area contributed by atoms with Gasteiger partial charge in [0, 0.05) is 54.9 Å². The van der Waals surface area contributed by atoms with E-state index < -0.39 is 0 Å². The van der Waals surface area contributed by atoms with Crippen LogP contribution >= 0.6 is 0 Å². The second-order valence-electron chi connectivity index (χ2n) is 14.9. The van der Waals surface area contributed by atoms with Gasteiger partial charge in [-0.1, -0.05) is 133 Å². The van der Waals surface area contributed by atoms with Crippen molar-refractivity contribution in [1.29, 1.82) is 0 Å². The molecule has 0 N–H and O–H groups in total. The third kappa shape index (κ3) is 4.73. The summed E-state index contributed by atoms with van der Waals surface area (Å²) in [5, 5.41) is 7.45. The van der Waals surface area contributed by atoms with Crippen LogP contribution in [0.3, 0.4) is 0 Å². The lowest BCUT2D eigenvalue weighted by molar-refractivity contribution is 1.17. The molecule has 3 heteroatoms. The van der Waals surface area contributed by atoms with Crippen molar-refractivity contribution in [1.82, 2.24) is 13.7 Å². The summed E-state index contributed by atoms with van der Waals surface area (Å²) < 4.78 is 7.31. The van der Waals surface area contributed by atoms with E-state index in [-0.39, 0.29) is 0 Å². The Balaban J connectivity index is 1.19. The van der Waals surface area contributed by atoms with Gasteiger partial charge in [0.2, 0.25) is 0 Å². The van der Waals surface area contributed by atoms with Gasteiger partial charge in [0.15, 0.2) is 0 Å². The Morgan fingerprint density at radius 2 is 0.702 bits per heavy atom. The second-order valence-corrected chi connectivity index (χ2v) is 14.9. The molecule has 266 valence electrons. The van der Waals surface area contributed by atoms with Crippen LogP contribution in [-0.2, 0) is 0 Å². The minimum absolute atomic E-state index is 1.15. The number of aromatic nitrogens is 3. The summed E-state index contributed by atoms with van der Waals surface area (Å²) in [6.07, 6.45) is 0. The molecule has 0 bridgehead atoms. The molecule has 3 nitrogen and oxygen atoms in total. The lowest BCUT2D eigenvalue weighted by Gasteiger charge is -2.15. The Morgan fingerprint density at radius 1 is 0.246 bits per heavy atom. The van der Waals surface area contributed by atoms with Crippen LogP contribution in [0.15, 0.2) is 212 Å². The molecule has 12 aromatic rings. The molecule has 0 aliphatic rings. The first-order valence-electron chi connectivity index (χ1n) is 19.6. The molecule has 12 rings (SSSR count). The molecule has 0 saturated heterocycles. The maximum absolute atomic E-state index is 2.48. The van der Waals surface area contributed by atoms with Crippen molar-refractivity contribution in [2.24, 2.45) is 0 Å². The summed E-state index contributed by atoms with van der Waals surface area (Å²) in [5.74, 6) is 0. The minimum atomic E-state index is 1.15. The Kier molecular flexibility index (Phi) is 6.93. The van der Waals surface area contributed by atoms with Gasteiger partial charge in [0.25, 0.3) is 0 Å². The van der Waals surface area contributed by atoms with Crippen molar-refractivity contribution in [3.8, 4) is 39.3 Å². The van der Waals surface area contributed by atoms with Gasteiger partial charge in [-0.3, -0.25) is 0 Å². The highest BCUT2D eigenvalue weighted by Crippen LogP contribution is 2.47. The molecule has 0 fully saturated rings. The van der Waals surface area contributed by atoms with Crippen LogP contribution in [0, 0.1) is 0 Å². The number of rotatable bonds is 5. The molecule has 3 aromatic heterocycles. The van der Waals surface area contributed by atoms with E-state index in [4.69, 9.17) is 0 Å². The average molecular weight is 726 g/mol. The number of hydrogen-bond acceptors (Lipinski definition) is 0. The number of para-hydroxylation sites is 6. The van der Waals surface area contributed by atoms with E-state index in [2.05, 4.69) is 226 Å². The smallest absolute Gasteiger partial charge is 0.0627 e. The largest absolute Gasteiger partial charge is 0.309 e. The maximum Gasteiger partial charge on any atom is 0.0627 e. The molecule has 0 aliphatic heterocycles. The molecule has 9 aromatic carbocycles. The normalized spacial score (nSPS) is 11.9. The van der Waals surface area contributed by atoms with E-state index in [0.717, 1.165) is 11.4 Å². The molecule has 0 aliphatic carbocycles. The lowest BCUT2D eigenvalue weighted by Crippen LogP contribution is -1.97. The van der Waals surface area contributed by atoms with Crippen molar-refractivity contribution < 1.29 is 0 Å². The first-order chi connectivity index (χ1) is 28.3. The predicted octanol–water partition coefficient (Wildman–Crippen LogP) is 14.3. The molecular weight excluding hydrogens is 691 g/mol. The summed E-state index contributed by atoms with van der Waals surface area (Å²) in [4.78, 5) is 0. The molecule has 3 heterocycles. The quantitative estimate of drug-likeness (QED) is 0.168. The van der Waals surface area contributed by atoms with Gasteiger partial charge in [-0.25, -0.2) is 0 Å². The highest BCUT2D eigenvalue weighted by Gasteiger charge is 2.24.